The van der Waals surface area contributed by atoms with E-state index in [-0.39, 0.29) is 0 Å². The van der Waals surface area contributed by atoms with Crippen molar-refractivity contribution in [1.82, 2.24) is 15.0 Å². The minimum absolute atomic E-state index is 0.524. The Morgan fingerprint density at radius 1 is 1.30 bits per heavy atom. The Hall–Kier alpha value is -2.69. The molecule has 1 atom stereocenters. The van der Waals surface area contributed by atoms with Gasteiger partial charge in [-0.15, -0.1) is 0 Å². The molecule has 2 heterocycles. The van der Waals surface area contributed by atoms with Gasteiger partial charge in [-0.2, -0.15) is 0 Å². The first-order valence-corrected chi connectivity index (χ1v) is 6.25. The van der Waals surface area contributed by atoms with E-state index in [0.29, 0.717) is 11.3 Å². The number of imidazole rings is 1. The SMILES string of the molecule is Cc1nc2ccc(C(C(=O)O)c3ccccn3)cc2[nH]1. The van der Waals surface area contributed by atoms with Crippen LogP contribution in [0.4, 0.5) is 0 Å². The highest BCUT2D eigenvalue weighted by Crippen LogP contribution is 2.26. The van der Waals surface area contributed by atoms with Crippen LogP contribution in [-0.2, 0) is 4.79 Å². The summed E-state index contributed by atoms with van der Waals surface area (Å²) in [5, 5.41) is 9.49. The highest BCUT2D eigenvalue weighted by atomic mass is 16.4. The van der Waals surface area contributed by atoms with Gasteiger partial charge in [-0.3, -0.25) is 9.78 Å². The van der Waals surface area contributed by atoms with Gasteiger partial charge in [0, 0.05) is 6.20 Å². The number of nitrogens with zero attached hydrogens (tertiary/aromatic N) is 2. The van der Waals surface area contributed by atoms with Crippen LogP contribution in [0.2, 0.25) is 0 Å². The Kier molecular flexibility index (Phi) is 2.95. The van der Waals surface area contributed by atoms with E-state index in [1.807, 2.05) is 19.1 Å². The number of H-pyrrole nitrogens is 1. The van der Waals surface area contributed by atoms with E-state index in [1.165, 1.54) is 0 Å². The number of hydrogen-bond donors (Lipinski definition) is 2. The summed E-state index contributed by atoms with van der Waals surface area (Å²) in [4.78, 5) is 23.2. The maximum Gasteiger partial charge on any atom is 0.317 e. The number of carboxylic acid groups (broad SMARTS) is 1. The smallest absolute Gasteiger partial charge is 0.317 e. The van der Waals surface area contributed by atoms with E-state index in [4.69, 9.17) is 0 Å². The summed E-state index contributed by atoms with van der Waals surface area (Å²) in [6.07, 6.45) is 1.60. The van der Waals surface area contributed by atoms with Crippen LogP contribution in [0.1, 0.15) is 23.0 Å². The number of benzene rings is 1. The van der Waals surface area contributed by atoms with Gasteiger partial charge in [0.15, 0.2) is 0 Å². The molecular weight excluding hydrogens is 254 g/mol. The summed E-state index contributed by atoms with van der Waals surface area (Å²) >= 11 is 0. The van der Waals surface area contributed by atoms with Gasteiger partial charge in [-0.25, -0.2) is 4.98 Å². The molecule has 0 amide bonds. The van der Waals surface area contributed by atoms with Gasteiger partial charge in [0.25, 0.3) is 0 Å². The number of aliphatic carboxylic acids is 1. The maximum atomic E-state index is 11.6. The van der Waals surface area contributed by atoms with Crippen LogP contribution in [0.15, 0.2) is 42.6 Å². The lowest BCUT2D eigenvalue weighted by Gasteiger charge is -2.12. The molecule has 2 aromatic heterocycles. The van der Waals surface area contributed by atoms with Crippen LogP contribution < -0.4 is 0 Å². The van der Waals surface area contributed by atoms with E-state index >= 15 is 0 Å². The van der Waals surface area contributed by atoms with E-state index in [1.54, 1.807) is 30.5 Å². The van der Waals surface area contributed by atoms with Gasteiger partial charge in [-0.05, 0) is 36.8 Å². The van der Waals surface area contributed by atoms with Crippen LogP contribution in [0.5, 0.6) is 0 Å². The number of aromatic amines is 1. The molecule has 0 saturated heterocycles. The summed E-state index contributed by atoms with van der Waals surface area (Å²) in [6, 6.07) is 10.7. The summed E-state index contributed by atoms with van der Waals surface area (Å²) in [5.41, 5.74) is 2.88. The second-order valence-electron chi connectivity index (χ2n) is 4.62. The third-order valence-electron chi connectivity index (χ3n) is 3.19. The average Bonchev–Trinajstić information content (AvgIpc) is 2.79. The molecular formula is C15H13N3O2. The number of fused-ring (bicyclic) bond motifs is 1. The molecule has 5 heteroatoms. The molecule has 0 radical (unpaired) electrons. The number of aryl methyl sites for hydroxylation is 1. The number of rotatable bonds is 3. The number of aromatic nitrogens is 3. The van der Waals surface area contributed by atoms with Gasteiger partial charge >= 0.3 is 5.97 Å². The van der Waals surface area contributed by atoms with Crippen molar-refractivity contribution in [3.63, 3.8) is 0 Å². The molecule has 0 fully saturated rings. The highest BCUT2D eigenvalue weighted by molar-refractivity contribution is 5.83. The lowest BCUT2D eigenvalue weighted by Crippen LogP contribution is -2.14. The lowest BCUT2D eigenvalue weighted by atomic mass is 9.95. The van der Waals surface area contributed by atoms with Crippen molar-refractivity contribution >= 4 is 17.0 Å². The monoisotopic (exact) mass is 267 g/mol. The predicted octanol–water partition coefficient (Wildman–Crippen LogP) is 2.48. The van der Waals surface area contributed by atoms with Crippen LogP contribution >= 0.6 is 0 Å². The second-order valence-corrected chi connectivity index (χ2v) is 4.62. The van der Waals surface area contributed by atoms with E-state index < -0.39 is 11.9 Å². The van der Waals surface area contributed by atoms with E-state index in [2.05, 4.69) is 15.0 Å². The largest absolute Gasteiger partial charge is 0.480 e. The number of nitrogens with one attached hydrogen (secondary N) is 1. The first-order valence-electron chi connectivity index (χ1n) is 6.25. The summed E-state index contributed by atoms with van der Waals surface area (Å²) in [7, 11) is 0. The summed E-state index contributed by atoms with van der Waals surface area (Å²) in [5.74, 6) is -0.884. The molecule has 0 spiro atoms. The second kappa shape index (κ2) is 4.77. The topological polar surface area (TPSA) is 78.9 Å². The number of hydrogen-bond acceptors (Lipinski definition) is 3. The molecule has 100 valence electrons. The standard InChI is InChI=1S/C15H13N3O2/c1-9-17-11-6-5-10(8-13(11)18-9)14(15(19)20)12-4-2-3-7-16-12/h2-8,14H,1H3,(H,17,18)(H,19,20). The molecule has 2 N–H and O–H groups in total. The fourth-order valence-electron chi connectivity index (χ4n) is 2.32. The Balaban J connectivity index is 2.12. The van der Waals surface area contributed by atoms with Gasteiger partial charge < -0.3 is 10.1 Å². The van der Waals surface area contributed by atoms with Crippen molar-refractivity contribution in [1.29, 1.82) is 0 Å². The third-order valence-corrected chi connectivity index (χ3v) is 3.19. The van der Waals surface area contributed by atoms with Crippen LogP contribution in [0.3, 0.4) is 0 Å². The normalized spacial score (nSPS) is 12.4. The van der Waals surface area contributed by atoms with E-state index in [9.17, 15) is 9.90 Å². The number of pyridine rings is 1. The Morgan fingerprint density at radius 2 is 2.15 bits per heavy atom. The minimum atomic E-state index is -0.917. The zero-order valence-electron chi connectivity index (χ0n) is 10.9. The highest BCUT2D eigenvalue weighted by Gasteiger charge is 2.23. The molecule has 3 rings (SSSR count). The van der Waals surface area contributed by atoms with Crippen molar-refractivity contribution in [2.45, 2.75) is 12.8 Å². The first-order chi connectivity index (χ1) is 9.65. The minimum Gasteiger partial charge on any atom is -0.480 e. The molecule has 1 unspecified atom stereocenters. The van der Waals surface area contributed by atoms with Gasteiger partial charge in [-0.1, -0.05) is 12.1 Å². The lowest BCUT2D eigenvalue weighted by molar-refractivity contribution is -0.137. The molecule has 0 saturated carbocycles. The van der Waals surface area contributed by atoms with Crippen LogP contribution in [0, 0.1) is 6.92 Å². The van der Waals surface area contributed by atoms with Crippen molar-refractivity contribution in [3.8, 4) is 0 Å². The molecule has 3 aromatic rings. The Bertz CT molecular complexity index is 765. The van der Waals surface area contributed by atoms with Crippen molar-refractivity contribution < 1.29 is 9.90 Å². The van der Waals surface area contributed by atoms with Gasteiger partial charge in [0.2, 0.25) is 0 Å². The van der Waals surface area contributed by atoms with Crippen molar-refractivity contribution in [2.24, 2.45) is 0 Å². The predicted molar refractivity (Wildman–Crippen MR) is 74.5 cm³/mol. The molecule has 0 aliphatic heterocycles. The molecule has 5 nitrogen and oxygen atoms in total. The molecule has 1 aromatic carbocycles. The number of carboxylic acids is 1. The molecule has 0 bridgehead atoms. The zero-order valence-corrected chi connectivity index (χ0v) is 10.9. The van der Waals surface area contributed by atoms with E-state index in [0.717, 1.165) is 16.9 Å². The van der Waals surface area contributed by atoms with Gasteiger partial charge in [0.1, 0.15) is 11.7 Å². The molecule has 0 aliphatic carbocycles. The van der Waals surface area contributed by atoms with Gasteiger partial charge in [0.05, 0.1) is 16.7 Å². The Labute approximate surface area is 115 Å². The first kappa shape index (κ1) is 12.3. The van der Waals surface area contributed by atoms with Crippen molar-refractivity contribution in [2.75, 3.05) is 0 Å². The maximum absolute atomic E-state index is 11.6. The number of carbonyl (C=O) groups is 1. The molecule has 20 heavy (non-hydrogen) atoms. The fraction of sp³-hybridized carbons (Fsp3) is 0.133. The average molecular weight is 267 g/mol. The zero-order chi connectivity index (χ0) is 14.1. The molecule has 0 aliphatic rings. The van der Waals surface area contributed by atoms with Crippen LogP contribution in [-0.4, -0.2) is 26.0 Å². The summed E-state index contributed by atoms with van der Waals surface area (Å²) in [6.45, 7) is 1.87. The van der Waals surface area contributed by atoms with Crippen LogP contribution in [0.25, 0.3) is 11.0 Å². The summed E-state index contributed by atoms with van der Waals surface area (Å²) < 4.78 is 0. The Morgan fingerprint density at radius 3 is 2.85 bits per heavy atom. The quantitative estimate of drug-likeness (QED) is 0.764. The third kappa shape index (κ3) is 2.14. The van der Waals surface area contributed by atoms with Crippen molar-refractivity contribution in [3.05, 3.63) is 59.7 Å². The fourth-order valence-corrected chi connectivity index (χ4v) is 2.32.